The van der Waals surface area contributed by atoms with Gasteiger partial charge in [-0.1, -0.05) is 13.8 Å². The Labute approximate surface area is 206 Å². The summed E-state index contributed by atoms with van der Waals surface area (Å²) in [4.78, 5) is 29.4. The van der Waals surface area contributed by atoms with Crippen LogP contribution in [0.15, 0.2) is 33.6 Å². The van der Waals surface area contributed by atoms with Crippen LogP contribution >= 0.6 is 0 Å². The highest BCUT2D eigenvalue weighted by Crippen LogP contribution is 2.77. The average molecular weight is 506 g/mol. The number of amides is 1. The van der Waals surface area contributed by atoms with Gasteiger partial charge in [0.25, 0.3) is 5.56 Å². The lowest BCUT2D eigenvalue weighted by atomic mass is 9.86. The molecule has 1 saturated heterocycles. The zero-order valence-corrected chi connectivity index (χ0v) is 20.4. The van der Waals surface area contributed by atoms with Crippen LogP contribution in [0.5, 0.6) is 5.75 Å². The van der Waals surface area contributed by atoms with Gasteiger partial charge in [0, 0.05) is 23.6 Å². The van der Waals surface area contributed by atoms with Gasteiger partial charge in [-0.05, 0) is 68.3 Å². The van der Waals surface area contributed by atoms with Gasteiger partial charge in [0.05, 0.1) is 17.5 Å². The number of carbonyl (C=O) groups excluding carboxylic acids is 1. The summed E-state index contributed by atoms with van der Waals surface area (Å²) in [6.07, 6.45) is -0.969. The van der Waals surface area contributed by atoms with E-state index in [1.54, 1.807) is 4.90 Å². The van der Waals surface area contributed by atoms with Gasteiger partial charge in [-0.3, -0.25) is 9.59 Å². The van der Waals surface area contributed by atoms with Crippen LogP contribution in [0.2, 0.25) is 0 Å². The first-order chi connectivity index (χ1) is 17.0. The fourth-order valence-electron chi connectivity index (χ4n) is 7.26. The number of carbonyl (C=O) groups is 1. The number of halogens is 3. The molecule has 10 heteroatoms. The Morgan fingerprint density at radius 2 is 1.92 bits per heavy atom. The van der Waals surface area contributed by atoms with E-state index in [1.807, 2.05) is 0 Å². The molecule has 4 aliphatic rings. The number of H-pyrrole nitrogens is 1. The number of nitrogens with one attached hydrogen (secondary N) is 1. The number of likely N-dealkylation sites (tertiary alicyclic amines) is 1. The minimum absolute atomic E-state index is 0.00737. The van der Waals surface area contributed by atoms with Crippen molar-refractivity contribution in [1.82, 2.24) is 15.0 Å². The minimum atomic E-state index is -4.44. The predicted octanol–water partition coefficient (Wildman–Crippen LogP) is 4.35. The topological polar surface area (TPSA) is 78.8 Å². The van der Waals surface area contributed by atoms with Crippen molar-refractivity contribution in [3.8, 4) is 5.75 Å². The van der Waals surface area contributed by atoms with Crippen LogP contribution in [0.3, 0.4) is 0 Å². The highest BCUT2D eigenvalue weighted by atomic mass is 19.4. The molecule has 2 saturated carbocycles. The lowest BCUT2D eigenvalue weighted by molar-refractivity contribution is -0.144. The molecule has 3 atom stereocenters. The highest BCUT2D eigenvalue weighted by molar-refractivity contribution is 5.88. The molecule has 6 rings (SSSR count). The van der Waals surface area contributed by atoms with Crippen molar-refractivity contribution in [2.45, 2.75) is 64.2 Å². The number of alkyl halides is 3. The Hall–Kier alpha value is -2.75. The highest BCUT2D eigenvalue weighted by Gasteiger charge is 2.79. The van der Waals surface area contributed by atoms with Crippen molar-refractivity contribution < 1.29 is 27.2 Å². The number of nitrogens with zero attached hydrogens (tertiary/aromatic N) is 2. The number of rotatable bonds is 3. The van der Waals surface area contributed by atoms with E-state index in [-0.39, 0.29) is 42.0 Å². The number of benzene rings is 1. The van der Waals surface area contributed by atoms with Gasteiger partial charge in [0.15, 0.2) is 6.73 Å². The molecule has 36 heavy (non-hydrogen) atoms. The van der Waals surface area contributed by atoms with Gasteiger partial charge in [-0.25, -0.2) is 0 Å². The molecule has 1 N–H and O–H groups in total. The normalized spacial score (nSPS) is 30.0. The van der Waals surface area contributed by atoms with Gasteiger partial charge in [-0.2, -0.15) is 18.3 Å². The van der Waals surface area contributed by atoms with E-state index in [2.05, 4.69) is 23.9 Å². The summed E-state index contributed by atoms with van der Waals surface area (Å²) in [6, 6.07) is 5.27. The van der Waals surface area contributed by atoms with Crippen molar-refractivity contribution >= 4 is 5.91 Å². The zero-order chi connectivity index (χ0) is 25.5. The number of ether oxygens (including phenoxy) is 1. The second kappa shape index (κ2) is 7.87. The van der Waals surface area contributed by atoms with Gasteiger partial charge in [0.1, 0.15) is 11.5 Å². The molecule has 2 aliphatic carbocycles. The zero-order valence-electron chi connectivity index (χ0n) is 20.4. The Morgan fingerprint density at radius 3 is 2.58 bits per heavy atom. The quantitative estimate of drug-likeness (QED) is 0.671. The summed E-state index contributed by atoms with van der Waals surface area (Å²) in [5, 5.41) is 2.37. The molecular weight excluding hydrogens is 475 g/mol. The smallest absolute Gasteiger partial charge is 0.416 e. The third-order valence-corrected chi connectivity index (χ3v) is 9.38. The van der Waals surface area contributed by atoms with Crippen LogP contribution in [-0.4, -0.2) is 46.7 Å². The maximum Gasteiger partial charge on any atom is 0.416 e. The summed E-state index contributed by atoms with van der Waals surface area (Å²) < 4.78 is 50.7. The Bertz CT molecular complexity index is 1240. The molecule has 1 amide bonds. The van der Waals surface area contributed by atoms with E-state index in [1.165, 1.54) is 12.1 Å². The van der Waals surface area contributed by atoms with Crippen LogP contribution in [0, 0.1) is 16.7 Å². The van der Waals surface area contributed by atoms with Crippen LogP contribution in [0.4, 0.5) is 13.2 Å². The van der Waals surface area contributed by atoms with Gasteiger partial charge < -0.3 is 19.1 Å². The molecule has 7 nitrogen and oxygen atoms in total. The molecular formula is C26H30F3N3O4. The van der Waals surface area contributed by atoms with E-state index < -0.39 is 17.2 Å². The predicted molar refractivity (Wildman–Crippen MR) is 123 cm³/mol. The first-order valence-corrected chi connectivity index (χ1v) is 12.6. The Morgan fingerprint density at radius 1 is 1.17 bits per heavy atom. The monoisotopic (exact) mass is 505 g/mol. The van der Waals surface area contributed by atoms with Gasteiger partial charge in [-0.15, -0.1) is 0 Å². The molecule has 1 unspecified atom stereocenters. The lowest BCUT2D eigenvalue weighted by Crippen LogP contribution is -2.46. The fourth-order valence-corrected chi connectivity index (χ4v) is 7.26. The summed E-state index contributed by atoms with van der Waals surface area (Å²) in [7, 11) is 0. The molecule has 3 fully saturated rings. The number of piperidine rings is 1. The Kier molecular flexibility index (Phi) is 5.17. The molecule has 0 radical (unpaired) electrons. The maximum absolute atomic E-state index is 13.9. The first-order valence-electron chi connectivity index (χ1n) is 12.6. The van der Waals surface area contributed by atoms with Crippen molar-refractivity contribution in [3.63, 3.8) is 0 Å². The second-order valence-electron chi connectivity index (χ2n) is 11.4. The number of hydrogen-bond donors (Lipinski definition) is 1. The van der Waals surface area contributed by atoms with E-state index in [0.29, 0.717) is 23.1 Å². The second-order valence-corrected chi connectivity index (χ2v) is 11.4. The maximum atomic E-state index is 13.9. The number of fused-ring (bicyclic) bond motifs is 2. The molecule has 1 aromatic heterocycles. The summed E-state index contributed by atoms with van der Waals surface area (Å²) in [6.45, 7) is 6.20. The van der Waals surface area contributed by atoms with Crippen LogP contribution in [0.25, 0.3) is 0 Å². The van der Waals surface area contributed by atoms with Crippen LogP contribution in [-0.2, 0) is 17.5 Å². The standard InChI is InChI=1S/C26H30F3N3O4/c1-24(2)21-10-18(31-7-5-15(6-8-31)20-11-22(33)30-36-20)12-25(21,24)23(34)32-13-16-9-17(26(27,28)29)3-4-19(16)35-14-32/h3-4,9,11,15,18,21H,5-8,10,12-14H2,1-2H3,(H,30,33)/t18-,21?,25+/m1/s1. The SMILES string of the molecule is CC1(C)C2C[C@@H](N3CCC(c4cc(=O)[nH]o4)CC3)C[C@@]21C(=O)N1COc2ccc(C(F)(F)F)cc2C1. The lowest BCUT2D eigenvalue weighted by Gasteiger charge is -2.38. The molecule has 2 aliphatic heterocycles. The van der Waals surface area contributed by atoms with Crippen LogP contribution in [0.1, 0.15) is 62.3 Å². The van der Waals surface area contributed by atoms with Crippen molar-refractivity contribution in [2.75, 3.05) is 19.8 Å². The average Bonchev–Trinajstić information content (AvgIpc) is 3.26. The van der Waals surface area contributed by atoms with Crippen molar-refractivity contribution in [3.05, 3.63) is 51.5 Å². The molecule has 0 bridgehead atoms. The van der Waals surface area contributed by atoms with E-state index in [0.717, 1.165) is 50.9 Å². The molecule has 194 valence electrons. The third kappa shape index (κ3) is 3.51. The number of hydrogen-bond acceptors (Lipinski definition) is 5. The summed E-state index contributed by atoms with van der Waals surface area (Å²) in [5.41, 5.74) is -1.22. The van der Waals surface area contributed by atoms with Gasteiger partial charge >= 0.3 is 6.18 Å². The Balaban J connectivity index is 1.15. The summed E-state index contributed by atoms with van der Waals surface area (Å²) >= 11 is 0. The van der Waals surface area contributed by atoms with E-state index in [4.69, 9.17) is 9.26 Å². The van der Waals surface area contributed by atoms with Gasteiger partial charge in [0.2, 0.25) is 5.91 Å². The van der Waals surface area contributed by atoms with E-state index >= 15 is 0 Å². The third-order valence-electron chi connectivity index (χ3n) is 9.38. The van der Waals surface area contributed by atoms with Crippen molar-refractivity contribution in [2.24, 2.45) is 16.7 Å². The molecule has 3 heterocycles. The molecule has 1 aromatic carbocycles. The number of aromatic amines is 1. The van der Waals surface area contributed by atoms with E-state index in [9.17, 15) is 22.8 Å². The number of aromatic nitrogens is 1. The summed E-state index contributed by atoms with van der Waals surface area (Å²) in [5.74, 6) is 1.57. The van der Waals surface area contributed by atoms with Crippen LogP contribution < -0.4 is 10.3 Å². The van der Waals surface area contributed by atoms with Crippen molar-refractivity contribution in [1.29, 1.82) is 0 Å². The molecule has 0 spiro atoms. The fraction of sp³-hybridized carbons (Fsp3) is 0.615. The first kappa shape index (κ1) is 23.6. The minimum Gasteiger partial charge on any atom is -0.473 e. The largest absolute Gasteiger partial charge is 0.473 e. The molecule has 2 aromatic rings.